The van der Waals surface area contributed by atoms with Crippen molar-refractivity contribution in [3.05, 3.63) is 34.6 Å². The first-order valence-corrected chi connectivity index (χ1v) is 4.09. The van der Waals surface area contributed by atoms with Gasteiger partial charge in [0.15, 0.2) is 5.78 Å². The highest BCUT2D eigenvalue weighted by molar-refractivity contribution is 5.96. The Morgan fingerprint density at radius 2 is 1.94 bits per heavy atom. The maximum Gasteiger partial charge on any atom is 0.417 e. The Kier molecular flexibility index (Phi) is 2.99. The van der Waals surface area contributed by atoms with Gasteiger partial charge in [-0.1, -0.05) is 0 Å². The van der Waals surface area contributed by atoms with Crippen LogP contribution in [0.25, 0.3) is 0 Å². The lowest BCUT2D eigenvalue weighted by Gasteiger charge is -2.11. The average molecular weight is 231 g/mol. The van der Waals surface area contributed by atoms with Gasteiger partial charge in [0.1, 0.15) is 11.9 Å². The van der Waals surface area contributed by atoms with Crippen molar-refractivity contribution in [3.8, 4) is 6.07 Å². The number of hydrogen-bond acceptors (Lipinski definition) is 2. The molecular formula is C10H5F4NO. The van der Waals surface area contributed by atoms with Crippen LogP contribution in [0.2, 0.25) is 0 Å². The van der Waals surface area contributed by atoms with Gasteiger partial charge in [0, 0.05) is 5.56 Å². The predicted octanol–water partition coefficient (Wildman–Crippen LogP) is 2.92. The molecule has 0 aliphatic heterocycles. The van der Waals surface area contributed by atoms with Crippen LogP contribution in [0.15, 0.2) is 12.1 Å². The molecule has 1 aromatic rings. The van der Waals surface area contributed by atoms with Crippen LogP contribution in [-0.2, 0) is 6.18 Å². The van der Waals surface area contributed by atoms with Gasteiger partial charge in [0.25, 0.3) is 0 Å². The molecule has 0 N–H and O–H groups in total. The molecule has 0 radical (unpaired) electrons. The molecule has 0 saturated heterocycles. The first-order valence-electron chi connectivity index (χ1n) is 4.09. The van der Waals surface area contributed by atoms with E-state index >= 15 is 0 Å². The number of hydrogen-bond donors (Lipinski definition) is 0. The van der Waals surface area contributed by atoms with E-state index in [1.807, 2.05) is 0 Å². The fourth-order valence-corrected chi connectivity index (χ4v) is 1.18. The van der Waals surface area contributed by atoms with E-state index in [1.165, 1.54) is 6.07 Å². The van der Waals surface area contributed by atoms with Gasteiger partial charge < -0.3 is 0 Å². The molecule has 0 aromatic heterocycles. The zero-order chi connectivity index (χ0) is 12.5. The fourth-order valence-electron chi connectivity index (χ4n) is 1.18. The number of benzene rings is 1. The van der Waals surface area contributed by atoms with Gasteiger partial charge in [0.05, 0.1) is 11.1 Å². The molecule has 0 atom stereocenters. The molecule has 1 rings (SSSR count). The quantitative estimate of drug-likeness (QED) is 0.550. The summed E-state index contributed by atoms with van der Waals surface area (Å²) in [6.07, 6.45) is -4.79. The van der Waals surface area contributed by atoms with Crippen molar-refractivity contribution in [1.29, 1.82) is 5.26 Å². The van der Waals surface area contributed by atoms with E-state index in [0.717, 1.165) is 6.92 Å². The molecule has 2 nitrogen and oxygen atoms in total. The number of nitriles is 1. The van der Waals surface area contributed by atoms with Crippen LogP contribution in [0.5, 0.6) is 0 Å². The van der Waals surface area contributed by atoms with E-state index in [4.69, 9.17) is 5.26 Å². The zero-order valence-electron chi connectivity index (χ0n) is 8.02. The Morgan fingerprint density at radius 1 is 1.38 bits per heavy atom. The molecule has 0 heterocycles. The van der Waals surface area contributed by atoms with Crippen LogP contribution in [-0.4, -0.2) is 5.78 Å². The summed E-state index contributed by atoms with van der Waals surface area (Å²) in [7, 11) is 0. The third-order valence-corrected chi connectivity index (χ3v) is 1.91. The zero-order valence-corrected chi connectivity index (χ0v) is 8.02. The molecule has 0 saturated carbocycles. The van der Waals surface area contributed by atoms with E-state index in [0.29, 0.717) is 12.1 Å². The van der Waals surface area contributed by atoms with Crippen molar-refractivity contribution in [2.75, 3.05) is 0 Å². The number of halogens is 4. The normalized spacial score (nSPS) is 11.0. The van der Waals surface area contributed by atoms with Crippen LogP contribution in [0.1, 0.15) is 28.4 Å². The predicted molar refractivity (Wildman–Crippen MR) is 46.1 cm³/mol. The van der Waals surface area contributed by atoms with Gasteiger partial charge in [-0.15, -0.1) is 0 Å². The first-order chi connectivity index (χ1) is 7.27. The largest absolute Gasteiger partial charge is 0.417 e. The molecule has 16 heavy (non-hydrogen) atoms. The number of carbonyl (C=O) groups excluding carboxylic acids is 1. The monoisotopic (exact) mass is 231 g/mol. The Balaban J connectivity index is 3.57. The highest BCUT2D eigenvalue weighted by atomic mass is 19.4. The lowest BCUT2D eigenvalue weighted by atomic mass is 10.0. The molecule has 0 aliphatic carbocycles. The minimum Gasteiger partial charge on any atom is -0.294 e. The average Bonchev–Trinajstić information content (AvgIpc) is 2.15. The fraction of sp³-hybridized carbons (Fsp3) is 0.200. The minimum absolute atomic E-state index is 0.339. The summed E-state index contributed by atoms with van der Waals surface area (Å²) >= 11 is 0. The third-order valence-electron chi connectivity index (χ3n) is 1.91. The smallest absolute Gasteiger partial charge is 0.294 e. The molecule has 0 amide bonds. The van der Waals surface area contributed by atoms with E-state index in [-0.39, 0.29) is 0 Å². The summed E-state index contributed by atoms with van der Waals surface area (Å²) in [5.41, 5.74) is -2.81. The highest BCUT2D eigenvalue weighted by Gasteiger charge is 2.35. The maximum atomic E-state index is 13.0. The summed E-state index contributed by atoms with van der Waals surface area (Å²) in [6, 6.07) is 2.06. The molecule has 0 aliphatic rings. The lowest BCUT2D eigenvalue weighted by Crippen LogP contribution is -2.13. The van der Waals surface area contributed by atoms with E-state index in [9.17, 15) is 22.4 Å². The molecule has 0 bridgehead atoms. The minimum atomic E-state index is -4.79. The molecule has 0 spiro atoms. The highest BCUT2D eigenvalue weighted by Crippen LogP contribution is 2.33. The molecule has 0 unspecified atom stereocenters. The number of rotatable bonds is 1. The summed E-state index contributed by atoms with van der Waals surface area (Å²) in [6.45, 7) is 0.899. The van der Waals surface area contributed by atoms with Crippen molar-refractivity contribution >= 4 is 5.78 Å². The van der Waals surface area contributed by atoms with Crippen molar-refractivity contribution in [2.24, 2.45) is 0 Å². The van der Waals surface area contributed by atoms with Crippen LogP contribution in [0.4, 0.5) is 17.6 Å². The van der Waals surface area contributed by atoms with E-state index < -0.39 is 34.5 Å². The number of nitrogens with zero attached hydrogens (tertiary/aromatic N) is 1. The third kappa shape index (κ3) is 2.19. The second-order valence-corrected chi connectivity index (χ2v) is 3.04. The maximum absolute atomic E-state index is 13.0. The van der Waals surface area contributed by atoms with Gasteiger partial charge in [-0.05, 0) is 19.1 Å². The van der Waals surface area contributed by atoms with Crippen molar-refractivity contribution in [2.45, 2.75) is 13.1 Å². The number of alkyl halides is 3. The molecular weight excluding hydrogens is 226 g/mol. The summed E-state index contributed by atoms with van der Waals surface area (Å²) < 4.78 is 50.5. The van der Waals surface area contributed by atoms with Crippen LogP contribution < -0.4 is 0 Å². The second-order valence-electron chi connectivity index (χ2n) is 3.04. The lowest BCUT2D eigenvalue weighted by molar-refractivity contribution is -0.137. The second kappa shape index (κ2) is 3.93. The molecule has 84 valence electrons. The Hall–Kier alpha value is -1.90. The van der Waals surface area contributed by atoms with Crippen LogP contribution in [0, 0.1) is 17.1 Å². The number of ketones is 1. The topological polar surface area (TPSA) is 40.9 Å². The number of carbonyl (C=O) groups is 1. The van der Waals surface area contributed by atoms with Gasteiger partial charge >= 0.3 is 6.18 Å². The van der Waals surface area contributed by atoms with Crippen molar-refractivity contribution in [1.82, 2.24) is 0 Å². The Bertz CT molecular complexity index is 485. The molecule has 0 fully saturated rings. The van der Waals surface area contributed by atoms with E-state index in [2.05, 4.69) is 0 Å². The van der Waals surface area contributed by atoms with E-state index in [1.54, 1.807) is 0 Å². The van der Waals surface area contributed by atoms with Gasteiger partial charge in [-0.2, -0.15) is 18.4 Å². The van der Waals surface area contributed by atoms with Gasteiger partial charge in [-0.3, -0.25) is 4.79 Å². The molecule has 6 heteroatoms. The SMILES string of the molecule is CC(=O)c1cc(F)c(C#N)cc1C(F)(F)F. The number of Topliss-reactive ketones (excluding diaryl/α,β-unsaturated/α-hetero) is 1. The van der Waals surface area contributed by atoms with Crippen molar-refractivity contribution < 1.29 is 22.4 Å². The van der Waals surface area contributed by atoms with Gasteiger partial charge in [-0.25, -0.2) is 4.39 Å². The van der Waals surface area contributed by atoms with Crippen LogP contribution >= 0.6 is 0 Å². The Labute approximate surface area is 88.1 Å². The summed E-state index contributed by atoms with van der Waals surface area (Å²) in [5.74, 6) is -2.04. The summed E-state index contributed by atoms with van der Waals surface area (Å²) in [5, 5.41) is 8.40. The van der Waals surface area contributed by atoms with Crippen LogP contribution in [0.3, 0.4) is 0 Å². The Morgan fingerprint density at radius 3 is 2.31 bits per heavy atom. The van der Waals surface area contributed by atoms with Gasteiger partial charge in [0.2, 0.25) is 0 Å². The first kappa shape index (κ1) is 12.2. The van der Waals surface area contributed by atoms with Crippen molar-refractivity contribution in [3.63, 3.8) is 0 Å². The standard InChI is InChI=1S/C10H5F4NO/c1-5(16)7-3-9(11)6(4-15)2-8(7)10(12,13)14/h2-3H,1H3. The summed E-state index contributed by atoms with van der Waals surface area (Å²) in [4.78, 5) is 10.9. The molecule has 1 aromatic carbocycles.